The number of hydrogen-bond acceptors (Lipinski definition) is 3. The number of likely N-dealkylation sites (tertiary alicyclic amines) is 1. The van der Waals surface area contributed by atoms with Gasteiger partial charge in [0.25, 0.3) is 5.91 Å². The maximum Gasteiger partial charge on any atom is 0.260 e. The summed E-state index contributed by atoms with van der Waals surface area (Å²) in [4.78, 5) is 13.7. The minimum absolute atomic E-state index is 0.0106. The fourth-order valence-corrected chi connectivity index (χ4v) is 2.11. The molecule has 1 heterocycles. The molecule has 1 amide bonds. The van der Waals surface area contributed by atoms with Crippen LogP contribution in [0.15, 0.2) is 24.3 Å². The van der Waals surface area contributed by atoms with Gasteiger partial charge in [0.05, 0.1) is 6.10 Å². The molecule has 0 bridgehead atoms. The van der Waals surface area contributed by atoms with Gasteiger partial charge in [-0.05, 0) is 37.1 Å². The van der Waals surface area contributed by atoms with Crippen LogP contribution in [0.1, 0.15) is 12.8 Å². The highest BCUT2D eigenvalue weighted by Gasteiger charge is 2.22. The lowest BCUT2D eigenvalue weighted by Crippen LogP contribution is -2.42. The number of benzene rings is 1. The molecule has 1 saturated heterocycles. The number of amides is 1. The maximum atomic E-state index is 12.7. The molecule has 0 unspecified atom stereocenters. The van der Waals surface area contributed by atoms with Gasteiger partial charge in [-0.3, -0.25) is 4.79 Å². The predicted octanol–water partition coefficient (Wildman–Crippen LogP) is 1.84. The van der Waals surface area contributed by atoms with Crippen molar-refractivity contribution in [3.8, 4) is 5.75 Å². The highest BCUT2D eigenvalue weighted by atomic mass is 19.1. The van der Waals surface area contributed by atoms with E-state index in [1.807, 2.05) is 0 Å². The fraction of sp³-hybridized carbons (Fsp3) is 0.500. The lowest BCUT2D eigenvalue weighted by atomic mass is 10.1. The van der Waals surface area contributed by atoms with Crippen molar-refractivity contribution in [2.24, 2.45) is 0 Å². The molecule has 0 aliphatic carbocycles. The van der Waals surface area contributed by atoms with Gasteiger partial charge in [-0.25, -0.2) is 4.39 Å². The monoisotopic (exact) mass is 267 g/mol. The largest absolute Gasteiger partial charge is 0.484 e. The average Bonchev–Trinajstić information content (AvgIpc) is 2.46. The van der Waals surface area contributed by atoms with E-state index < -0.39 is 0 Å². The second-order valence-corrected chi connectivity index (χ2v) is 4.56. The van der Waals surface area contributed by atoms with Crippen molar-refractivity contribution in [2.75, 3.05) is 26.8 Å². The van der Waals surface area contributed by atoms with Crippen LogP contribution < -0.4 is 4.74 Å². The lowest BCUT2D eigenvalue weighted by molar-refractivity contribution is -0.135. The molecule has 19 heavy (non-hydrogen) atoms. The van der Waals surface area contributed by atoms with Gasteiger partial charge in [-0.1, -0.05) is 0 Å². The lowest BCUT2D eigenvalue weighted by Gasteiger charge is -2.31. The Bertz CT molecular complexity index is 413. The van der Waals surface area contributed by atoms with Gasteiger partial charge in [0.1, 0.15) is 11.6 Å². The highest BCUT2D eigenvalue weighted by Crippen LogP contribution is 2.14. The number of piperidine rings is 1. The normalized spacial score (nSPS) is 16.4. The summed E-state index contributed by atoms with van der Waals surface area (Å²) in [5.74, 6) is 0.140. The summed E-state index contributed by atoms with van der Waals surface area (Å²) < 4.78 is 23.3. The van der Waals surface area contributed by atoms with Gasteiger partial charge in [-0.2, -0.15) is 0 Å². The summed E-state index contributed by atoms with van der Waals surface area (Å²) in [5, 5.41) is 0. The first kappa shape index (κ1) is 13.8. The van der Waals surface area contributed by atoms with Crippen molar-refractivity contribution in [1.29, 1.82) is 0 Å². The molecule has 0 atom stereocenters. The minimum atomic E-state index is -0.319. The third-order valence-electron chi connectivity index (χ3n) is 3.30. The number of methoxy groups -OCH3 is 1. The molecular formula is C14H18FNO3. The first-order valence-electron chi connectivity index (χ1n) is 6.38. The molecule has 0 saturated carbocycles. The van der Waals surface area contributed by atoms with Crippen molar-refractivity contribution in [3.05, 3.63) is 30.1 Å². The third kappa shape index (κ3) is 3.92. The average molecular weight is 267 g/mol. The molecule has 1 aliphatic heterocycles. The summed E-state index contributed by atoms with van der Waals surface area (Å²) in [6, 6.07) is 5.65. The number of carbonyl (C=O) groups is 1. The highest BCUT2D eigenvalue weighted by molar-refractivity contribution is 5.77. The Hall–Kier alpha value is -1.62. The molecule has 2 rings (SSSR count). The summed E-state index contributed by atoms with van der Waals surface area (Å²) >= 11 is 0. The number of carbonyl (C=O) groups excluding carboxylic acids is 1. The van der Waals surface area contributed by atoms with Gasteiger partial charge < -0.3 is 14.4 Å². The van der Waals surface area contributed by atoms with Crippen molar-refractivity contribution >= 4 is 5.91 Å². The van der Waals surface area contributed by atoms with Crippen LogP contribution in [-0.4, -0.2) is 43.7 Å². The molecule has 0 aromatic heterocycles. The topological polar surface area (TPSA) is 38.8 Å². The van der Waals surface area contributed by atoms with Crippen LogP contribution in [0.3, 0.4) is 0 Å². The van der Waals surface area contributed by atoms with Crippen LogP contribution in [0.5, 0.6) is 5.75 Å². The Morgan fingerprint density at radius 2 is 1.95 bits per heavy atom. The Morgan fingerprint density at radius 3 is 2.53 bits per heavy atom. The third-order valence-corrected chi connectivity index (χ3v) is 3.30. The van der Waals surface area contributed by atoms with E-state index in [0.717, 1.165) is 12.8 Å². The van der Waals surface area contributed by atoms with Gasteiger partial charge in [-0.15, -0.1) is 0 Å². The van der Waals surface area contributed by atoms with Crippen molar-refractivity contribution in [3.63, 3.8) is 0 Å². The van der Waals surface area contributed by atoms with Gasteiger partial charge in [0.2, 0.25) is 0 Å². The van der Waals surface area contributed by atoms with Crippen LogP contribution in [0.25, 0.3) is 0 Å². The number of nitrogens with zero attached hydrogens (tertiary/aromatic N) is 1. The van der Waals surface area contributed by atoms with Gasteiger partial charge in [0, 0.05) is 20.2 Å². The van der Waals surface area contributed by atoms with Crippen LogP contribution in [0.4, 0.5) is 4.39 Å². The van der Waals surface area contributed by atoms with Crippen molar-refractivity contribution in [1.82, 2.24) is 4.90 Å². The number of ether oxygens (including phenoxy) is 2. The van der Waals surface area contributed by atoms with E-state index in [1.54, 1.807) is 12.0 Å². The molecule has 1 fully saturated rings. The first-order valence-corrected chi connectivity index (χ1v) is 6.38. The second-order valence-electron chi connectivity index (χ2n) is 4.56. The Kier molecular flexibility index (Phi) is 4.74. The molecule has 104 valence electrons. The van der Waals surface area contributed by atoms with E-state index in [2.05, 4.69) is 0 Å². The smallest absolute Gasteiger partial charge is 0.260 e. The van der Waals surface area contributed by atoms with Crippen LogP contribution >= 0.6 is 0 Å². The second kappa shape index (κ2) is 6.52. The zero-order valence-corrected chi connectivity index (χ0v) is 11.0. The number of hydrogen-bond donors (Lipinski definition) is 0. The Labute approximate surface area is 112 Å². The van der Waals surface area contributed by atoms with Crippen LogP contribution in [0.2, 0.25) is 0 Å². The molecule has 0 N–H and O–H groups in total. The van der Waals surface area contributed by atoms with E-state index >= 15 is 0 Å². The summed E-state index contributed by atoms with van der Waals surface area (Å²) in [7, 11) is 1.69. The van der Waals surface area contributed by atoms with Crippen molar-refractivity contribution < 1.29 is 18.7 Å². The summed E-state index contributed by atoms with van der Waals surface area (Å²) in [6.07, 6.45) is 1.97. The quantitative estimate of drug-likeness (QED) is 0.835. The van der Waals surface area contributed by atoms with E-state index in [-0.39, 0.29) is 24.4 Å². The van der Waals surface area contributed by atoms with E-state index in [9.17, 15) is 9.18 Å². The van der Waals surface area contributed by atoms with Crippen molar-refractivity contribution in [2.45, 2.75) is 18.9 Å². The molecule has 0 radical (unpaired) electrons. The Balaban J connectivity index is 1.77. The first-order chi connectivity index (χ1) is 9.19. The van der Waals surface area contributed by atoms with Crippen LogP contribution in [0, 0.1) is 5.82 Å². The number of halogens is 1. The molecule has 1 aromatic rings. The molecule has 5 heteroatoms. The maximum absolute atomic E-state index is 12.7. The zero-order chi connectivity index (χ0) is 13.7. The van der Waals surface area contributed by atoms with Crippen LogP contribution in [-0.2, 0) is 9.53 Å². The van der Waals surface area contributed by atoms with Gasteiger partial charge in [0.15, 0.2) is 6.61 Å². The fourth-order valence-electron chi connectivity index (χ4n) is 2.11. The molecule has 1 aromatic carbocycles. The predicted molar refractivity (Wildman–Crippen MR) is 68.5 cm³/mol. The molecule has 1 aliphatic rings. The summed E-state index contributed by atoms with van der Waals surface area (Å²) in [6.45, 7) is 1.39. The van der Waals surface area contributed by atoms with Gasteiger partial charge >= 0.3 is 0 Å². The zero-order valence-electron chi connectivity index (χ0n) is 11.0. The van der Waals surface area contributed by atoms with E-state index in [1.165, 1.54) is 24.3 Å². The number of rotatable bonds is 4. The molecule has 4 nitrogen and oxygen atoms in total. The van der Waals surface area contributed by atoms with E-state index in [4.69, 9.17) is 9.47 Å². The molecular weight excluding hydrogens is 249 g/mol. The standard InChI is InChI=1S/C14H18FNO3/c1-18-12-6-8-16(9-7-12)14(17)10-19-13-4-2-11(15)3-5-13/h2-5,12H,6-10H2,1H3. The Morgan fingerprint density at radius 1 is 1.32 bits per heavy atom. The minimum Gasteiger partial charge on any atom is -0.484 e. The molecule has 0 spiro atoms. The summed E-state index contributed by atoms with van der Waals surface area (Å²) in [5.41, 5.74) is 0. The SMILES string of the molecule is COC1CCN(C(=O)COc2ccc(F)cc2)CC1. The van der Waals surface area contributed by atoms with E-state index in [0.29, 0.717) is 18.8 Å².